The van der Waals surface area contributed by atoms with Crippen molar-refractivity contribution in [2.45, 2.75) is 0 Å². The van der Waals surface area contributed by atoms with Crippen LogP contribution in [-0.4, -0.2) is 23.2 Å². The van der Waals surface area contributed by atoms with Crippen LogP contribution in [0.3, 0.4) is 0 Å². The fourth-order valence-electron chi connectivity index (χ4n) is 1.98. The molecule has 20 heavy (non-hydrogen) atoms. The van der Waals surface area contributed by atoms with E-state index < -0.39 is 0 Å². The maximum atomic E-state index is 12.2. The summed E-state index contributed by atoms with van der Waals surface area (Å²) in [5, 5.41) is 10.6. The molecule has 0 aliphatic heterocycles. The summed E-state index contributed by atoms with van der Waals surface area (Å²) in [6, 6.07) is 12.6. The van der Waals surface area contributed by atoms with E-state index in [1.54, 1.807) is 31.5 Å². The largest absolute Gasteiger partial charge is 0.497 e. The van der Waals surface area contributed by atoms with Gasteiger partial charge < -0.3 is 10.1 Å². The van der Waals surface area contributed by atoms with Crippen molar-refractivity contribution in [1.29, 1.82) is 0 Å². The number of fused-ring (bicyclic) bond motifs is 1. The number of ether oxygens (including phenoxy) is 1. The zero-order chi connectivity index (χ0) is 13.9. The van der Waals surface area contributed by atoms with Gasteiger partial charge in [0.1, 0.15) is 5.75 Å². The Labute approximate surface area is 115 Å². The number of hydrogen-bond acceptors (Lipinski definition) is 3. The van der Waals surface area contributed by atoms with Crippen LogP contribution < -0.4 is 10.1 Å². The smallest absolute Gasteiger partial charge is 0.255 e. The molecule has 0 saturated heterocycles. The number of carbonyl (C=O) groups is 1. The summed E-state index contributed by atoms with van der Waals surface area (Å²) in [5.74, 6) is 0.529. The molecule has 0 fully saturated rings. The molecule has 0 aliphatic carbocycles. The van der Waals surface area contributed by atoms with Gasteiger partial charge in [0, 0.05) is 22.7 Å². The highest BCUT2D eigenvalue weighted by Gasteiger charge is 2.08. The SMILES string of the molecule is COc1cccc(NC(=O)c2ccc3cn[nH]c3c2)c1. The van der Waals surface area contributed by atoms with Gasteiger partial charge >= 0.3 is 0 Å². The predicted molar refractivity (Wildman–Crippen MR) is 77.0 cm³/mol. The molecule has 3 aromatic rings. The van der Waals surface area contributed by atoms with Crippen LogP contribution in [0.4, 0.5) is 5.69 Å². The number of nitrogens with zero attached hydrogens (tertiary/aromatic N) is 1. The molecule has 1 aromatic heterocycles. The van der Waals surface area contributed by atoms with Crippen molar-refractivity contribution in [3.63, 3.8) is 0 Å². The Hall–Kier alpha value is -2.82. The van der Waals surface area contributed by atoms with Crippen LogP contribution in [-0.2, 0) is 0 Å². The van der Waals surface area contributed by atoms with E-state index in [4.69, 9.17) is 4.74 Å². The van der Waals surface area contributed by atoms with E-state index in [0.717, 1.165) is 10.9 Å². The van der Waals surface area contributed by atoms with Gasteiger partial charge in [-0.1, -0.05) is 12.1 Å². The first-order valence-electron chi connectivity index (χ1n) is 6.15. The van der Waals surface area contributed by atoms with Crippen molar-refractivity contribution in [1.82, 2.24) is 10.2 Å². The molecule has 5 heteroatoms. The van der Waals surface area contributed by atoms with Gasteiger partial charge in [0.25, 0.3) is 5.91 Å². The second kappa shape index (κ2) is 5.05. The van der Waals surface area contributed by atoms with Crippen LogP contribution in [0.1, 0.15) is 10.4 Å². The van der Waals surface area contributed by atoms with Crippen molar-refractivity contribution in [2.75, 3.05) is 12.4 Å². The fraction of sp³-hybridized carbons (Fsp3) is 0.0667. The van der Waals surface area contributed by atoms with E-state index in [1.807, 2.05) is 24.3 Å². The van der Waals surface area contributed by atoms with Crippen molar-refractivity contribution in [3.8, 4) is 5.75 Å². The quantitative estimate of drug-likeness (QED) is 0.766. The van der Waals surface area contributed by atoms with E-state index in [0.29, 0.717) is 17.0 Å². The van der Waals surface area contributed by atoms with E-state index in [9.17, 15) is 4.79 Å². The average molecular weight is 267 g/mol. The van der Waals surface area contributed by atoms with Gasteiger partial charge in [-0.25, -0.2) is 0 Å². The standard InChI is InChI=1S/C15H13N3O2/c1-20-13-4-2-3-12(8-13)17-15(19)10-5-6-11-9-16-18-14(11)7-10/h2-9H,1H3,(H,16,18)(H,17,19). The Morgan fingerprint density at radius 2 is 2.15 bits per heavy atom. The molecule has 0 saturated carbocycles. The maximum absolute atomic E-state index is 12.2. The Morgan fingerprint density at radius 1 is 1.25 bits per heavy atom. The second-order valence-corrected chi connectivity index (χ2v) is 4.36. The van der Waals surface area contributed by atoms with Crippen molar-refractivity contribution >= 4 is 22.5 Å². The Kier molecular flexibility index (Phi) is 3.09. The number of amides is 1. The van der Waals surface area contributed by atoms with E-state index >= 15 is 0 Å². The first-order chi connectivity index (χ1) is 9.76. The summed E-state index contributed by atoms with van der Waals surface area (Å²) >= 11 is 0. The number of H-pyrrole nitrogens is 1. The summed E-state index contributed by atoms with van der Waals surface area (Å²) in [4.78, 5) is 12.2. The minimum atomic E-state index is -0.172. The van der Waals surface area contributed by atoms with Gasteiger partial charge in [0.2, 0.25) is 0 Å². The third-order valence-corrected chi connectivity index (χ3v) is 3.03. The van der Waals surface area contributed by atoms with Gasteiger partial charge in [0.15, 0.2) is 0 Å². The molecule has 0 spiro atoms. The molecule has 1 heterocycles. The molecular weight excluding hydrogens is 254 g/mol. The predicted octanol–water partition coefficient (Wildman–Crippen LogP) is 2.82. The first kappa shape index (κ1) is 12.2. The molecule has 5 nitrogen and oxygen atoms in total. The summed E-state index contributed by atoms with van der Waals surface area (Å²) in [7, 11) is 1.59. The lowest BCUT2D eigenvalue weighted by molar-refractivity contribution is 0.102. The highest BCUT2D eigenvalue weighted by Crippen LogP contribution is 2.18. The Morgan fingerprint density at radius 3 is 3.00 bits per heavy atom. The number of benzene rings is 2. The third-order valence-electron chi connectivity index (χ3n) is 3.03. The van der Waals surface area contributed by atoms with Crippen molar-refractivity contribution < 1.29 is 9.53 Å². The molecule has 0 atom stereocenters. The minimum Gasteiger partial charge on any atom is -0.497 e. The average Bonchev–Trinajstić information content (AvgIpc) is 2.94. The molecule has 0 radical (unpaired) electrons. The second-order valence-electron chi connectivity index (χ2n) is 4.36. The minimum absolute atomic E-state index is 0.172. The molecule has 1 amide bonds. The number of aromatic amines is 1. The number of anilines is 1. The van der Waals surface area contributed by atoms with Gasteiger partial charge in [-0.2, -0.15) is 5.10 Å². The van der Waals surface area contributed by atoms with Crippen LogP contribution in [0, 0.1) is 0 Å². The Balaban J connectivity index is 1.84. The van der Waals surface area contributed by atoms with Gasteiger partial charge in [-0.05, 0) is 24.3 Å². The highest BCUT2D eigenvalue weighted by molar-refractivity contribution is 6.06. The van der Waals surface area contributed by atoms with E-state index in [-0.39, 0.29) is 5.91 Å². The van der Waals surface area contributed by atoms with Crippen LogP contribution >= 0.6 is 0 Å². The Bertz CT molecular complexity index is 764. The summed E-state index contributed by atoms with van der Waals surface area (Å²) < 4.78 is 5.12. The number of aromatic nitrogens is 2. The van der Waals surface area contributed by atoms with Crippen LogP contribution in [0.25, 0.3) is 10.9 Å². The fourth-order valence-corrected chi connectivity index (χ4v) is 1.98. The lowest BCUT2D eigenvalue weighted by Crippen LogP contribution is -2.11. The van der Waals surface area contributed by atoms with Crippen LogP contribution in [0.2, 0.25) is 0 Å². The normalized spacial score (nSPS) is 10.4. The number of methoxy groups -OCH3 is 1. The molecule has 100 valence electrons. The number of rotatable bonds is 3. The summed E-state index contributed by atoms with van der Waals surface area (Å²) in [6.45, 7) is 0. The third kappa shape index (κ3) is 2.33. The van der Waals surface area contributed by atoms with E-state index in [2.05, 4.69) is 15.5 Å². The van der Waals surface area contributed by atoms with Crippen LogP contribution in [0.15, 0.2) is 48.7 Å². The monoisotopic (exact) mass is 267 g/mol. The topological polar surface area (TPSA) is 67.0 Å². The molecule has 0 bridgehead atoms. The molecule has 2 N–H and O–H groups in total. The van der Waals surface area contributed by atoms with Crippen molar-refractivity contribution in [3.05, 3.63) is 54.2 Å². The zero-order valence-corrected chi connectivity index (χ0v) is 10.9. The summed E-state index contributed by atoms with van der Waals surface area (Å²) in [6.07, 6.45) is 1.72. The lowest BCUT2D eigenvalue weighted by atomic mass is 10.1. The van der Waals surface area contributed by atoms with Crippen LogP contribution in [0.5, 0.6) is 5.75 Å². The van der Waals surface area contributed by atoms with E-state index in [1.165, 1.54) is 0 Å². The van der Waals surface area contributed by atoms with Gasteiger partial charge in [-0.3, -0.25) is 9.89 Å². The number of carbonyl (C=O) groups excluding carboxylic acids is 1. The molecule has 0 aliphatic rings. The maximum Gasteiger partial charge on any atom is 0.255 e. The molecule has 0 unspecified atom stereocenters. The number of nitrogens with one attached hydrogen (secondary N) is 2. The summed E-state index contributed by atoms with van der Waals surface area (Å²) in [5.41, 5.74) is 2.10. The van der Waals surface area contributed by atoms with Crippen molar-refractivity contribution in [2.24, 2.45) is 0 Å². The highest BCUT2D eigenvalue weighted by atomic mass is 16.5. The molecular formula is C15H13N3O2. The van der Waals surface area contributed by atoms with Gasteiger partial charge in [-0.15, -0.1) is 0 Å². The first-order valence-corrected chi connectivity index (χ1v) is 6.15. The van der Waals surface area contributed by atoms with Gasteiger partial charge in [0.05, 0.1) is 18.8 Å². The molecule has 3 rings (SSSR count). The molecule has 2 aromatic carbocycles. The number of hydrogen-bond donors (Lipinski definition) is 2. The zero-order valence-electron chi connectivity index (χ0n) is 10.9. The lowest BCUT2D eigenvalue weighted by Gasteiger charge is -2.07.